The lowest BCUT2D eigenvalue weighted by Gasteiger charge is -2.17. The highest BCUT2D eigenvalue weighted by atomic mass is 16.5. The Hall–Kier alpha value is -2.62. The number of hydrogen-bond acceptors (Lipinski definition) is 3. The van der Waals surface area contributed by atoms with Gasteiger partial charge in [0.25, 0.3) is 5.91 Å². The van der Waals surface area contributed by atoms with Crippen molar-refractivity contribution < 1.29 is 9.53 Å². The molecule has 0 bridgehead atoms. The van der Waals surface area contributed by atoms with Crippen LogP contribution in [0.5, 0.6) is 5.75 Å². The summed E-state index contributed by atoms with van der Waals surface area (Å²) in [6.45, 7) is 2.92. The summed E-state index contributed by atoms with van der Waals surface area (Å²) >= 11 is 0. The van der Waals surface area contributed by atoms with E-state index in [1.54, 1.807) is 12.1 Å². The van der Waals surface area contributed by atoms with Gasteiger partial charge in [0.2, 0.25) is 0 Å². The van der Waals surface area contributed by atoms with E-state index in [0.717, 1.165) is 49.3 Å². The Kier molecular flexibility index (Phi) is 7.03. The Morgan fingerprint density at radius 2 is 1.85 bits per heavy atom. The van der Waals surface area contributed by atoms with Crippen LogP contribution in [-0.2, 0) is 6.42 Å². The Morgan fingerprint density at radius 3 is 2.67 bits per heavy atom. The summed E-state index contributed by atoms with van der Waals surface area (Å²) in [5.41, 5.74) is 6.70. The number of aryl methyl sites for hydroxylation is 1. The Bertz CT molecular complexity index is 781. The number of benzene rings is 2. The van der Waals surface area contributed by atoms with E-state index in [1.165, 1.54) is 24.8 Å². The van der Waals surface area contributed by atoms with Crippen molar-refractivity contribution in [3.8, 4) is 5.75 Å². The molecule has 0 radical (unpaired) electrons. The van der Waals surface area contributed by atoms with Crippen molar-refractivity contribution in [1.82, 2.24) is 5.43 Å². The molecule has 0 aliphatic heterocycles. The second kappa shape index (κ2) is 9.91. The summed E-state index contributed by atoms with van der Waals surface area (Å²) in [6, 6.07) is 15.5. The maximum atomic E-state index is 12.4. The first kappa shape index (κ1) is 19.2. The normalized spacial score (nSPS) is 14.6. The number of nitrogens with one attached hydrogen (secondary N) is 1. The smallest absolute Gasteiger partial charge is 0.271 e. The van der Waals surface area contributed by atoms with Crippen LogP contribution in [0.3, 0.4) is 0 Å². The maximum Gasteiger partial charge on any atom is 0.271 e. The third-order valence-electron chi connectivity index (χ3n) is 4.86. The molecule has 0 saturated carbocycles. The molecule has 142 valence electrons. The Balaban J connectivity index is 1.54. The van der Waals surface area contributed by atoms with Gasteiger partial charge in [-0.05, 0) is 55.5 Å². The molecule has 0 fully saturated rings. The van der Waals surface area contributed by atoms with E-state index in [1.807, 2.05) is 24.3 Å². The highest BCUT2D eigenvalue weighted by Crippen LogP contribution is 2.21. The highest BCUT2D eigenvalue weighted by molar-refractivity contribution is 6.04. The van der Waals surface area contributed by atoms with Gasteiger partial charge >= 0.3 is 0 Å². The summed E-state index contributed by atoms with van der Waals surface area (Å²) in [5.74, 6) is 0.607. The van der Waals surface area contributed by atoms with Gasteiger partial charge in [-0.1, -0.05) is 50.5 Å². The van der Waals surface area contributed by atoms with Crippen LogP contribution in [0.4, 0.5) is 0 Å². The second-order valence-corrected chi connectivity index (χ2v) is 6.94. The van der Waals surface area contributed by atoms with Crippen LogP contribution in [-0.4, -0.2) is 18.2 Å². The van der Waals surface area contributed by atoms with E-state index >= 15 is 0 Å². The van der Waals surface area contributed by atoms with Crippen LogP contribution in [0.1, 0.15) is 66.9 Å². The fraction of sp³-hybridized carbons (Fsp3) is 0.391. The van der Waals surface area contributed by atoms with E-state index in [2.05, 4.69) is 29.6 Å². The highest BCUT2D eigenvalue weighted by Gasteiger charge is 2.15. The van der Waals surface area contributed by atoms with Gasteiger partial charge in [0, 0.05) is 11.1 Å². The number of ether oxygens (including phenoxy) is 1. The van der Waals surface area contributed by atoms with Gasteiger partial charge in [-0.25, -0.2) is 5.43 Å². The van der Waals surface area contributed by atoms with Gasteiger partial charge in [-0.15, -0.1) is 0 Å². The fourth-order valence-electron chi connectivity index (χ4n) is 3.32. The molecule has 0 unspecified atom stereocenters. The van der Waals surface area contributed by atoms with E-state index in [4.69, 9.17) is 4.74 Å². The number of carbonyl (C=O) groups is 1. The lowest BCUT2D eigenvalue weighted by atomic mass is 9.90. The molecule has 4 heteroatoms. The quantitative estimate of drug-likeness (QED) is 0.522. The lowest BCUT2D eigenvalue weighted by molar-refractivity contribution is 0.0954. The van der Waals surface area contributed by atoms with Gasteiger partial charge in [-0.3, -0.25) is 4.79 Å². The molecule has 0 heterocycles. The van der Waals surface area contributed by atoms with Crippen molar-refractivity contribution in [3.05, 3.63) is 65.2 Å². The van der Waals surface area contributed by atoms with Gasteiger partial charge in [0.1, 0.15) is 5.75 Å². The third kappa shape index (κ3) is 5.43. The standard InChI is InChI=1S/C23H28N2O2/c1-2-3-4-7-17-27-20-15-13-19(14-16-20)23(26)25-24-22-12-8-10-18-9-5-6-11-21(18)22/h5-6,9,11,13-16H,2-4,7-8,10,12,17H2,1H3,(H,25,26)/b24-22+. The van der Waals surface area contributed by atoms with Crippen LogP contribution in [0.2, 0.25) is 0 Å². The van der Waals surface area contributed by atoms with E-state index < -0.39 is 0 Å². The van der Waals surface area contributed by atoms with Crippen LogP contribution in [0.15, 0.2) is 53.6 Å². The van der Waals surface area contributed by atoms with E-state index in [0.29, 0.717) is 5.56 Å². The predicted octanol–water partition coefficient (Wildman–Crippen LogP) is 5.12. The third-order valence-corrected chi connectivity index (χ3v) is 4.86. The van der Waals surface area contributed by atoms with Crippen molar-refractivity contribution in [3.63, 3.8) is 0 Å². The zero-order valence-electron chi connectivity index (χ0n) is 16.0. The summed E-state index contributed by atoms with van der Waals surface area (Å²) in [7, 11) is 0. The van der Waals surface area contributed by atoms with Crippen molar-refractivity contribution in [2.45, 2.75) is 51.9 Å². The fourth-order valence-corrected chi connectivity index (χ4v) is 3.32. The van der Waals surface area contributed by atoms with Crippen molar-refractivity contribution in [1.29, 1.82) is 0 Å². The Labute approximate surface area is 161 Å². The largest absolute Gasteiger partial charge is 0.494 e. The molecule has 1 aliphatic carbocycles. The topological polar surface area (TPSA) is 50.7 Å². The molecule has 1 aliphatic rings. The summed E-state index contributed by atoms with van der Waals surface area (Å²) in [6.07, 6.45) is 7.76. The molecule has 2 aromatic carbocycles. The molecule has 0 atom stereocenters. The average molecular weight is 364 g/mol. The number of amides is 1. The molecular weight excluding hydrogens is 336 g/mol. The molecule has 1 N–H and O–H groups in total. The van der Waals surface area contributed by atoms with E-state index in [9.17, 15) is 4.79 Å². The molecule has 0 saturated heterocycles. The zero-order chi connectivity index (χ0) is 18.9. The monoisotopic (exact) mass is 364 g/mol. The minimum atomic E-state index is -0.194. The van der Waals surface area contributed by atoms with Crippen LogP contribution < -0.4 is 10.2 Å². The number of hydrogen-bond donors (Lipinski definition) is 1. The minimum absolute atomic E-state index is 0.194. The number of carbonyl (C=O) groups excluding carboxylic acids is 1. The number of nitrogens with zero attached hydrogens (tertiary/aromatic N) is 1. The van der Waals surface area contributed by atoms with E-state index in [-0.39, 0.29) is 5.91 Å². The van der Waals surface area contributed by atoms with Gasteiger partial charge in [0.15, 0.2) is 0 Å². The van der Waals surface area contributed by atoms with Crippen molar-refractivity contribution in [2.75, 3.05) is 6.61 Å². The van der Waals surface area contributed by atoms with Gasteiger partial charge < -0.3 is 4.74 Å². The molecule has 0 spiro atoms. The molecule has 27 heavy (non-hydrogen) atoms. The zero-order valence-corrected chi connectivity index (χ0v) is 16.0. The molecule has 4 nitrogen and oxygen atoms in total. The second-order valence-electron chi connectivity index (χ2n) is 6.94. The first-order chi connectivity index (χ1) is 13.3. The molecule has 3 rings (SSSR count). The Morgan fingerprint density at radius 1 is 1.04 bits per heavy atom. The molecule has 0 aromatic heterocycles. The maximum absolute atomic E-state index is 12.4. The van der Waals surface area contributed by atoms with Crippen molar-refractivity contribution >= 4 is 11.6 Å². The summed E-state index contributed by atoms with van der Waals surface area (Å²) in [5, 5.41) is 4.39. The number of rotatable bonds is 8. The molecule has 2 aromatic rings. The number of unbranched alkanes of at least 4 members (excludes halogenated alkanes) is 3. The van der Waals surface area contributed by atoms with Gasteiger partial charge in [-0.2, -0.15) is 5.10 Å². The molecular formula is C23H28N2O2. The summed E-state index contributed by atoms with van der Waals surface area (Å²) < 4.78 is 5.72. The number of fused-ring (bicyclic) bond motifs is 1. The molecule has 1 amide bonds. The lowest BCUT2D eigenvalue weighted by Crippen LogP contribution is -2.22. The van der Waals surface area contributed by atoms with Gasteiger partial charge in [0.05, 0.1) is 12.3 Å². The van der Waals surface area contributed by atoms with Crippen LogP contribution >= 0.6 is 0 Å². The van der Waals surface area contributed by atoms with Crippen LogP contribution in [0.25, 0.3) is 0 Å². The average Bonchev–Trinajstić information content (AvgIpc) is 2.72. The number of hydrazone groups is 1. The van der Waals surface area contributed by atoms with Crippen molar-refractivity contribution in [2.24, 2.45) is 5.10 Å². The predicted molar refractivity (Wildman–Crippen MR) is 109 cm³/mol. The summed E-state index contributed by atoms with van der Waals surface area (Å²) in [4.78, 5) is 12.4. The SMILES string of the molecule is CCCCCCOc1ccc(C(=O)N/N=C2\CCCc3ccccc32)cc1. The van der Waals surface area contributed by atoms with Crippen LogP contribution in [0, 0.1) is 0 Å². The minimum Gasteiger partial charge on any atom is -0.494 e. The first-order valence-corrected chi connectivity index (χ1v) is 9.96. The first-order valence-electron chi connectivity index (χ1n) is 9.96.